The molecule has 0 bridgehead atoms. The quantitative estimate of drug-likeness (QED) is 0.614. The van der Waals surface area contributed by atoms with E-state index in [4.69, 9.17) is 4.98 Å². The van der Waals surface area contributed by atoms with Crippen LogP contribution in [0.3, 0.4) is 0 Å². The molecule has 6 nitrogen and oxygen atoms in total. The molecule has 2 saturated heterocycles. The third-order valence-corrected chi connectivity index (χ3v) is 7.45. The van der Waals surface area contributed by atoms with Crippen LogP contribution in [-0.4, -0.2) is 64.5 Å². The van der Waals surface area contributed by atoms with Crippen molar-refractivity contribution in [3.63, 3.8) is 0 Å². The number of para-hydroxylation sites is 3. The Morgan fingerprint density at radius 2 is 1.70 bits per heavy atom. The maximum Gasteiger partial charge on any atom is 0.227 e. The van der Waals surface area contributed by atoms with Crippen LogP contribution in [0.5, 0.6) is 0 Å². The van der Waals surface area contributed by atoms with Crippen LogP contribution in [0.2, 0.25) is 0 Å². The first kappa shape index (κ1) is 22.0. The van der Waals surface area contributed by atoms with E-state index in [2.05, 4.69) is 76.6 Å². The lowest BCUT2D eigenvalue weighted by molar-refractivity contribution is -0.137. The highest BCUT2D eigenvalue weighted by Crippen LogP contribution is 2.27. The molecule has 2 aliphatic rings. The van der Waals surface area contributed by atoms with Crippen molar-refractivity contribution >= 4 is 22.6 Å². The van der Waals surface area contributed by atoms with E-state index in [9.17, 15) is 4.79 Å². The smallest absolute Gasteiger partial charge is 0.227 e. The largest absolute Gasteiger partial charge is 0.368 e. The van der Waals surface area contributed by atoms with Crippen molar-refractivity contribution in [1.29, 1.82) is 0 Å². The van der Waals surface area contributed by atoms with Gasteiger partial charge in [0.15, 0.2) is 0 Å². The zero-order chi connectivity index (χ0) is 22.9. The zero-order valence-corrected chi connectivity index (χ0v) is 20.1. The molecular formula is C27H35N5O. The SMILES string of the molecule is Cc1cccc(C)c1N1CCN(C(=O)[C@H]2CCCN(Cc3nc4ccccc4n3C)C2)CC1. The fourth-order valence-corrected chi connectivity index (χ4v) is 5.65. The van der Waals surface area contributed by atoms with E-state index in [0.717, 1.165) is 70.0 Å². The number of hydrogen-bond acceptors (Lipinski definition) is 4. The lowest BCUT2D eigenvalue weighted by Crippen LogP contribution is -2.52. The van der Waals surface area contributed by atoms with Gasteiger partial charge in [0.2, 0.25) is 5.91 Å². The number of piperazine rings is 1. The molecule has 5 rings (SSSR count). The van der Waals surface area contributed by atoms with Crippen molar-refractivity contribution in [2.24, 2.45) is 13.0 Å². The van der Waals surface area contributed by atoms with Crippen LogP contribution in [0, 0.1) is 19.8 Å². The summed E-state index contributed by atoms with van der Waals surface area (Å²) in [6.45, 7) is 10.5. The van der Waals surface area contributed by atoms with Gasteiger partial charge in [-0.1, -0.05) is 30.3 Å². The Balaban J connectivity index is 1.20. The molecular weight excluding hydrogens is 410 g/mol. The number of fused-ring (bicyclic) bond motifs is 1. The average Bonchev–Trinajstić information content (AvgIpc) is 3.14. The Morgan fingerprint density at radius 3 is 2.42 bits per heavy atom. The Morgan fingerprint density at radius 1 is 0.970 bits per heavy atom. The third kappa shape index (κ3) is 4.36. The van der Waals surface area contributed by atoms with E-state index >= 15 is 0 Å². The van der Waals surface area contributed by atoms with Gasteiger partial charge >= 0.3 is 0 Å². The summed E-state index contributed by atoms with van der Waals surface area (Å²) in [7, 11) is 2.09. The summed E-state index contributed by atoms with van der Waals surface area (Å²) in [6.07, 6.45) is 2.07. The first-order valence-corrected chi connectivity index (χ1v) is 12.2. The van der Waals surface area contributed by atoms with Crippen molar-refractivity contribution in [2.45, 2.75) is 33.2 Å². The number of piperidine rings is 1. The van der Waals surface area contributed by atoms with Gasteiger partial charge in [-0.2, -0.15) is 0 Å². The Kier molecular flexibility index (Phi) is 6.11. The highest BCUT2D eigenvalue weighted by molar-refractivity contribution is 5.79. The summed E-state index contributed by atoms with van der Waals surface area (Å²) in [5.41, 5.74) is 6.19. The summed E-state index contributed by atoms with van der Waals surface area (Å²) >= 11 is 0. The van der Waals surface area contributed by atoms with Gasteiger partial charge in [0.1, 0.15) is 5.82 Å². The Labute approximate surface area is 196 Å². The third-order valence-electron chi connectivity index (χ3n) is 7.45. The van der Waals surface area contributed by atoms with Crippen LogP contribution in [-0.2, 0) is 18.4 Å². The molecule has 0 saturated carbocycles. The molecule has 3 heterocycles. The minimum Gasteiger partial charge on any atom is -0.368 e. The zero-order valence-electron chi connectivity index (χ0n) is 20.1. The number of rotatable bonds is 4. The minimum absolute atomic E-state index is 0.0974. The predicted octanol–water partition coefficient (Wildman–Crippen LogP) is 3.75. The van der Waals surface area contributed by atoms with E-state index in [1.54, 1.807) is 0 Å². The van der Waals surface area contributed by atoms with Crippen molar-refractivity contribution in [1.82, 2.24) is 19.4 Å². The van der Waals surface area contributed by atoms with Crippen molar-refractivity contribution < 1.29 is 4.79 Å². The Hall–Kier alpha value is -2.86. The average molecular weight is 446 g/mol. The molecule has 0 unspecified atom stereocenters. The van der Waals surface area contributed by atoms with E-state index < -0.39 is 0 Å². The van der Waals surface area contributed by atoms with Gasteiger partial charge < -0.3 is 14.4 Å². The topological polar surface area (TPSA) is 44.6 Å². The number of anilines is 1. The van der Waals surface area contributed by atoms with Crippen LogP contribution in [0.15, 0.2) is 42.5 Å². The fraction of sp³-hybridized carbons (Fsp3) is 0.481. The molecule has 33 heavy (non-hydrogen) atoms. The number of nitrogens with zero attached hydrogens (tertiary/aromatic N) is 5. The first-order valence-electron chi connectivity index (χ1n) is 12.2. The number of benzene rings is 2. The fourth-order valence-electron chi connectivity index (χ4n) is 5.65. The maximum atomic E-state index is 13.4. The van der Waals surface area contributed by atoms with Crippen LogP contribution >= 0.6 is 0 Å². The maximum absolute atomic E-state index is 13.4. The molecule has 0 N–H and O–H groups in total. The number of hydrogen-bond donors (Lipinski definition) is 0. The standard InChI is InChI=1S/C27H35N5O/c1-20-8-6-9-21(2)26(20)31-14-16-32(17-15-31)27(33)22-10-7-13-30(18-22)19-25-28-23-11-4-5-12-24(23)29(25)3/h4-6,8-9,11-12,22H,7,10,13-19H2,1-3H3/t22-/m0/s1. The summed E-state index contributed by atoms with van der Waals surface area (Å²) < 4.78 is 2.19. The highest BCUT2D eigenvalue weighted by atomic mass is 16.2. The van der Waals surface area contributed by atoms with Gasteiger partial charge in [0.05, 0.1) is 23.5 Å². The summed E-state index contributed by atoms with van der Waals surface area (Å²) in [6, 6.07) is 14.8. The van der Waals surface area contributed by atoms with Crippen molar-refractivity contribution in [3.8, 4) is 0 Å². The van der Waals surface area contributed by atoms with Gasteiger partial charge in [-0.15, -0.1) is 0 Å². The van der Waals surface area contributed by atoms with Gasteiger partial charge in [-0.05, 0) is 56.5 Å². The van der Waals surface area contributed by atoms with E-state index in [-0.39, 0.29) is 5.92 Å². The molecule has 2 aromatic carbocycles. The normalized spacial score (nSPS) is 19.9. The number of carbonyl (C=O) groups excluding carboxylic acids is 1. The van der Waals surface area contributed by atoms with Gasteiger partial charge in [-0.3, -0.25) is 9.69 Å². The Bertz CT molecular complexity index is 1120. The molecule has 2 aliphatic heterocycles. The van der Waals surface area contributed by atoms with E-state index in [0.29, 0.717) is 5.91 Å². The molecule has 1 amide bonds. The van der Waals surface area contributed by atoms with Crippen LogP contribution in [0.1, 0.15) is 29.8 Å². The molecule has 2 fully saturated rings. The van der Waals surface area contributed by atoms with Crippen LogP contribution in [0.4, 0.5) is 5.69 Å². The molecule has 6 heteroatoms. The van der Waals surface area contributed by atoms with Gasteiger partial charge in [0.25, 0.3) is 0 Å². The van der Waals surface area contributed by atoms with Crippen LogP contribution in [0.25, 0.3) is 11.0 Å². The molecule has 1 aromatic heterocycles. The second-order valence-corrected chi connectivity index (χ2v) is 9.70. The van der Waals surface area contributed by atoms with E-state index in [1.807, 2.05) is 6.07 Å². The van der Waals surface area contributed by atoms with Crippen molar-refractivity contribution in [3.05, 3.63) is 59.4 Å². The number of imidazole rings is 1. The highest BCUT2D eigenvalue weighted by Gasteiger charge is 2.32. The van der Waals surface area contributed by atoms with Gasteiger partial charge in [0, 0.05) is 45.5 Å². The molecule has 1 atom stereocenters. The monoisotopic (exact) mass is 445 g/mol. The summed E-state index contributed by atoms with van der Waals surface area (Å²) in [5.74, 6) is 1.51. The minimum atomic E-state index is 0.0974. The number of aromatic nitrogens is 2. The molecule has 174 valence electrons. The number of amides is 1. The number of likely N-dealkylation sites (tertiary alicyclic amines) is 1. The second kappa shape index (κ2) is 9.18. The van der Waals surface area contributed by atoms with E-state index in [1.165, 1.54) is 22.3 Å². The van der Waals surface area contributed by atoms with Crippen molar-refractivity contribution in [2.75, 3.05) is 44.2 Å². The lowest BCUT2D eigenvalue weighted by Gasteiger charge is -2.40. The summed E-state index contributed by atoms with van der Waals surface area (Å²) in [5, 5.41) is 0. The van der Waals surface area contributed by atoms with Gasteiger partial charge in [-0.25, -0.2) is 4.98 Å². The predicted molar refractivity (Wildman–Crippen MR) is 133 cm³/mol. The number of aryl methyl sites for hydroxylation is 3. The summed E-state index contributed by atoms with van der Waals surface area (Å²) in [4.78, 5) is 25.2. The molecule has 0 aliphatic carbocycles. The molecule has 0 spiro atoms. The first-order chi connectivity index (χ1) is 16.0. The molecule has 3 aromatic rings. The second-order valence-electron chi connectivity index (χ2n) is 9.70. The number of carbonyl (C=O) groups is 1. The molecule has 0 radical (unpaired) electrons. The van der Waals surface area contributed by atoms with Crippen LogP contribution < -0.4 is 4.90 Å². The lowest BCUT2D eigenvalue weighted by atomic mass is 9.96.